The van der Waals surface area contributed by atoms with Crippen molar-refractivity contribution in [3.05, 3.63) is 53.1 Å². The molecule has 2 aromatic rings. The van der Waals surface area contributed by atoms with E-state index < -0.39 is 26.7 Å². The quantitative estimate of drug-likeness (QED) is 0.784. The Morgan fingerprint density at radius 3 is 2.48 bits per heavy atom. The van der Waals surface area contributed by atoms with Gasteiger partial charge in [0.05, 0.1) is 23.3 Å². The summed E-state index contributed by atoms with van der Waals surface area (Å²) in [6.07, 6.45) is -2.45. The van der Waals surface area contributed by atoms with E-state index in [1.54, 1.807) is 19.2 Å². The second-order valence-electron chi connectivity index (χ2n) is 7.26. The summed E-state index contributed by atoms with van der Waals surface area (Å²) >= 11 is 0. The Labute approximate surface area is 168 Å². The number of benzene rings is 2. The van der Waals surface area contributed by atoms with Gasteiger partial charge in [0.25, 0.3) is 10.0 Å². The predicted molar refractivity (Wildman–Crippen MR) is 105 cm³/mol. The summed E-state index contributed by atoms with van der Waals surface area (Å²) < 4.78 is 72.3. The van der Waals surface area contributed by atoms with Crippen LogP contribution in [0.3, 0.4) is 0 Å². The van der Waals surface area contributed by atoms with Gasteiger partial charge in [0, 0.05) is 11.6 Å². The largest absolute Gasteiger partial charge is 0.496 e. The van der Waals surface area contributed by atoms with E-state index in [0.29, 0.717) is 36.4 Å². The summed E-state index contributed by atoms with van der Waals surface area (Å²) in [5.41, 5.74) is 1.10. The maximum atomic E-state index is 13.0. The highest BCUT2D eigenvalue weighted by atomic mass is 32.2. The normalized spacial score (nSPS) is 17.1. The molecule has 1 aliphatic carbocycles. The molecule has 1 aliphatic rings. The van der Waals surface area contributed by atoms with Crippen molar-refractivity contribution < 1.29 is 26.3 Å². The minimum Gasteiger partial charge on any atom is -0.496 e. The van der Waals surface area contributed by atoms with Gasteiger partial charge in [-0.05, 0) is 69.3 Å². The molecule has 0 saturated carbocycles. The van der Waals surface area contributed by atoms with Crippen molar-refractivity contribution in [2.24, 2.45) is 0 Å². The van der Waals surface area contributed by atoms with Crippen LogP contribution in [0.4, 0.5) is 18.9 Å². The van der Waals surface area contributed by atoms with Crippen LogP contribution in [0.15, 0.2) is 41.3 Å². The van der Waals surface area contributed by atoms with Crippen molar-refractivity contribution in [1.82, 2.24) is 4.90 Å². The minimum absolute atomic E-state index is 0.298. The molecular weight excluding hydrogens is 405 g/mol. The Bertz CT molecular complexity index is 1000. The number of methoxy groups -OCH3 is 1. The smallest absolute Gasteiger partial charge is 0.416 e. The molecule has 5 nitrogen and oxygen atoms in total. The lowest BCUT2D eigenvalue weighted by atomic mass is 9.86. The van der Waals surface area contributed by atoms with Crippen molar-refractivity contribution >= 4 is 15.7 Å². The van der Waals surface area contributed by atoms with E-state index in [0.717, 1.165) is 35.7 Å². The predicted octanol–water partition coefficient (Wildman–Crippen LogP) is 3.93. The second-order valence-corrected chi connectivity index (χ2v) is 8.95. The number of hydrogen-bond donors (Lipinski definition) is 1. The van der Waals surface area contributed by atoms with Gasteiger partial charge in [0.1, 0.15) is 5.75 Å². The molecule has 1 atom stereocenters. The summed E-state index contributed by atoms with van der Waals surface area (Å²) in [6.45, 7) is 0. The number of rotatable bonds is 5. The van der Waals surface area contributed by atoms with Crippen LogP contribution in [-0.2, 0) is 29.0 Å². The van der Waals surface area contributed by atoms with Crippen LogP contribution < -0.4 is 9.46 Å². The van der Waals surface area contributed by atoms with Gasteiger partial charge >= 0.3 is 6.18 Å². The SMILES string of the molecule is COc1ccc(NS(=O)(=O)c2cccc(C(F)(F)F)c2)c2c1C[C@@H](N(C)C)CC2. The molecule has 2 aromatic carbocycles. The fourth-order valence-corrected chi connectivity index (χ4v) is 4.74. The monoisotopic (exact) mass is 428 g/mol. The zero-order valence-electron chi connectivity index (χ0n) is 16.4. The number of anilines is 1. The molecule has 158 valence electrons. The van der Waals surface area contributed by atoms with Gasteiger partial charge in [-0.3, -0.25) is 4.72 Å². The van der Waals surface area contributed by atoms with Crippen molar-refractivity contribution in [2.45, 2.75) is 36.4 Å². The van der Waals surface area contributed by atoms with Crippen LogP contribution in [0.25, 0.3) is 0 Å². The molecule has 0 amide bonds. The minimum atomic E-state index is -4.62. The summed E-state index contributed by atoms with van der Waals surface area (Å²) in [5, 5.41) is 0. The highest BCUT2D eigenvalue weighted by molar-refractivity contribution is 7.92. The molecule has 0 bridgehead atoms. The first-order chi connectivity index (χ1) is 13.5. The van der Waals surface area contributed by atoms with Crippen LogP contribution in [0.5, 0.6) is 5.75 Å². The van der Waals surface area contributed by atoms with E-state index in [2.05, 4.69) is 9.62 Å². The fourth-order valence-electron chi connectivity index (χ4n) is 3.60. The molecule has 0 spiro atoms. The molecule has 0 aliphatic heterocycles. The van der Waals surface area contributed by atoms with Crippen molar-refractivity contribution in [3.63, 3.8) is 0 Å². The molecule has 0 heterocycles. The summed E-state index contributed by atoms with van der Waals surface area (Å²) in [4.78, 5) is 1.68. The first-order valence-corrected chi connectivity index (χ1v) is 10.6. The molecule has 9 heteroatoms. The maximum absolute atomic E-state index is 13.0. The Kier molecular flexibility index (Phi) is 5.82. The number of sulfonamides is 1. The molecule has 3 rings (SSSR count). The van der Waals surface area contributed by atoms with Crippen LogP contribution in [-0.4, -0.2) is 40.6 Å². The molecule has 0 radical (unpaired) electrons. The average molecular weight is 428 g/mol. The van der Waals surface area contributed by atoms with E-state index >= 15 is 0 Å². The van der Waals surface area contributed by atoms with E-state index in [1.807, 2.05) is 14.1 Å². The molecule has 0 aromatic heterocycles. The second kappa shape index (κ2) is 7.87. The average Bonchev–Trinajstić information content (AvgIpc) is 2.67. The number of alkyl halides is 3. The first kappa shape index (κ1) is 21.4. The van der Waals surface area contributed by atoms with E-state index in [-0.39, 0.29) is 0 Å². The summed E-state index contributed by atoms with van der Waals surface area (Å²) in [7, 11) is 1.35. The maximum Gasteiger partial charge on any atom is 0.416 e. The third-order valence-electron chi connectivity index (χ3n) is 5.22. The molecule has 29 heavy (non-hydrogen) atoms. The highest BCUT2D eigenvalue weighted by Gasteiger charge is 2.32. The van der Waals surface area contributed by atoms with E-state index in [4.69, 9.17) is 4.74 Å². The van der Waals surface area contributed by atoms with Crippen LogP contribution in [0, 0.1) is 0 Å². The van der Waals surface area contributed by atoms with E-state index in [9.17, 15) is 21.6 Å². The Morgan fingerprint density at radius 1 is 1.14 bits per heavy atom. The number of nitrogens with zero attached hydrogens (tertiary/aromatic N) is 1. The zero-order chi connectivity index (χ0) is 21.4. The summed E-state index contributed by atoms with van der Waals surface area (Å²) in [6, 6.07) is 7.29. The van der Waals surface area contributed by atoms with Crippen LogP contribution in [0.1, 0.15) is 23.1 Å². The topological polar surface area (TPSA) is 58.6 Å². The summed E-state index contributed by atoms with van der Waals surface area (Å²) in [5.74, 6) is 0.675. The molecule has 1 N–H and O–H groups in total. The van der Waals surface area contributed by atoms with Gasteiger partial charge in [-0.15, -0.1) is 0 Å². The zero-order valence-corrected chi connectivity index (χ0v) is 17.2. The molecule has 0 unspecified atom stereocenters. The van der Waals surface area contributed by atoms with Gasteiger partial charge in [0.15, 0.2) is 0 Å². The third-order valence-corrected chi connectivity index (χ3v) is 6.58. The van der Waals surface area contributed by atoms with Gasteiger partial charge in [0.2, 0.25) is 0 Å². The lowest BCUT2D eigenvalue weighted by Gasteiger charge is -2.32. The Hall–Kier alpha value is -2.26. The van der Waals surface area contributed by atoms with Crippen LogP contribution >= 0.6 is 0 Å². The standard InChI is InChI=1S/C20H23F3N2O3S/c1-25(2)14-7-8-16-17(12-14)19(28-3)10-9-18(16)24-29(26,27)15-6-4-5-13(11-15)20(21,22)23/h4-6,9-11,14,24H,7-8,12H2,1-3H3/t14-/m0/s1. The van der Waals surface area contributed by atoms with Gasteiger partial charge in [-0.25, -0.2) is 8.42 Å². The number of hydrogen-bond acceptors (Lipinski definition) is 4. The van der Waals surface area contributed by atoms with Crippen molar-refractivity contribution in [1.29, 1.82) is 0 Å². The van der Waals surface area contributed by atoms with Crippen molar-refractivity contribution in [2.75, 3.05) is 25.9 Å². The van der Waals surface area contributed by atoms with Crippen molar-refractivity contribution in [3.8, 4) is 5.75 Å². The van der Waals surface area contributed by atoms with Gasteiger partial charge in [-0.1, -0.05) is 6.07 Å². The lowest BCUT2D eigenvalue weighted by Crippen LogP contribution is -2.34. The number of fused-ring (bicyclic) bond motifs is 1. The highest BCUT2D eigenvalue weighted by Crippen LogP contribution is 2.37. The third kappa shape index (κ3) is 4.51. The first-order valence-electron chi connectivity index (χ1n) is 9.08. The lowest BCUT2D eigenvalue weighted by molar-refractivity contribution is -0.137. The molecular formula is C20H23F3N2O3S. The Morgan fingerprint density at radius 2 is 1.86 bits per heavy atom. The number of halogens is 3. The van der Waals surface area contributed by atoms with Gasteiger partial charge < -0.3 is 9.64 Å². The van der Waals surface area contributed by atoms with E-state index in [1.165, 1.54) is 0 Å². The molecule has 0 saturated heterocycles. The fraction of sp³-hybridized carbons (Fsp3) is 0.400. The van der Waals surface area contributed by atoms with Gasteiger partial charge in [-0.2, -0.15) is 13.2 Å². The number of ether oxygens (including phenoxy) is 1. The number of likely N-dealkylation sites (N-methyl/N-ethyl adjacent to an activating group) is 1. The number of nitrogens with one attached hydrogen (secondary N) is 1. The van der Waals surface area contributed by atoms with Crippen LogP contribution in [0.2, 0.25) is 0 Å². The molecule has 0 fully saturated rings. The Balaban J connectivity index is 1.98.